The van der Waals surface area contributed by atoms with E-state index in [0.717, 1.165) is 58.3 Å². The molecule has 3 heterocycles. The number of carbonyl (C=O) groups excluding carboxylic acids is 1. The van der Waals surface area contributed by atoms with E-state index >= 15 is 0 Å². The number of anilines is 1. The third kappa shape index (κ3) is 4.00. The number of guanidine groups is 1. The quantitative estimate of drug-likeness (QED) is 0.587. The molecule has 3 aliphatic heterocycles. The summed E-state index contributed by atoms with van der Waals surface area (Å²) in [6.45, 7) is 6.31. The Balaban J connectivity index is 1.49. The molecular formula is C23H35N5O2. The Morgan fingerprint density at radius 3 is 2.63 bits per heavy atom. The second-order valence-corrected chi connectivity index (χ2v) is 8.90. The molecule has 1 aromatic rings. The zero-order valence-electron chi connectivity index (χ0n) is 18.3. The molecule has 164 valence electrons. The molecule has 1 aromatic carbocycles. The molecule has 7 nitrogen and oxygen atoms in total. The Kier molecular flexibility index (Phi) is 6.18. The van der Waals surface area contributed by atoms with E-state index in [0.29, 0.717) is 12.6 Å². The Hall–Kier alpha value is -2.28. The number of ether oxygens (including phenoxy) is 1. The summed E-state index contributed by atoms with van der Waals surface area (Å²) in [7, 11) is 1.81. The van der Waals surface area contributed by atoms with Crippen LogP contribution in [0.2, 0.25) is 0 Å². The van der Waals surface area contributed by atoms with Gasteiger partial charge in [0, 0.05) is 45.5 Å². The van der Waals surface area contributed by atoms with Gasteiger partial charge in [-0.3, -0.25) is 10.2 Å². The number of rotatable bonds is 3. The van der Waals surface area contributed by atoms with E-state index in [1.807, 2.05) is 4.90 Å². The first-order valence-electron chi connectivity index (χ1n) is 11.3. The van der Waals surface area contributed by atoms with Crippen molar-refractivity contribution in [2.75, 3.05) is 44.7 Å². The number of carbonyl (C=O) groups is 1. The molecular weight excluding hydrogens is 378 g/mol. The van der Waals surface area contributed by atoms with Gasteiger partial charge in [-0.15, -0.1) is 0 Å². The summed E-state index contributed by atoms with van der Waals surface area (Å²) in [6.07, 6.45) is 5.19. The van der Waals surface area contributed by atoms with Crippen LogP contribution in [0.5, 0.6) is 0 Å². The predicted molar refractivity (Wildman–Crippen MR) is 119 cm³/mol. The van der Waals surface area contributed by atoms with Crippen molar-refractivity contribution >= 4 is 17.6 Å². The van der Waals surface area contributed by atoms with Gasteiger partial charge in [0.05, 0.1) is 18.1 Å². The Morgan fingerprint density at radius 2 is 1.93 bits per heavy atom. The molecule has 2 atom stereocenters. The van der Waals surface area contributed by atoms with Crippen LogP contribution in [-0.2, 0) is 16.0 Å². The molecule has 2 unspecified atom stereocenters. The smallest absolute Gasteiger partial charge is 0.227 e. The number of likely N-dealkylation sites (tertiary alicyclic amines) is 1. The van der Waals surface area contributed by atoms with Crippen LogP contribution < -0.4 is 10.6 Å². The van der Waals surface area contributed by atoms with E-state index in [-0.39, 0.29) is 23.8 Å². The summed E-state index contributed by atoms with van der Waals surface area (Å²) in [5.74, 6) is 0.222. The number of benzene rings is 1. The number of nitrogens with one attached hydrogen (secondary N) is 1. The standard InChI is InChI=1S/C23H35N5O2/c1-16-19-6-3-7-21(26-12-8-18(30-2)9-13-26)20(19)10-14-28(16)22(29)17-5-4-11-27(15-17)23(24)25/h3,6-7,16-18H,4-5,8-15H2,1-2H3,(H3,24,25). The summed E-state index contributed by atoms with van der Waals surface area (Å²) < 4.78 is 5.53. The Labute approximate surface area is 179 Å². The van der Waals surface area contributed by atoms with Crippen molar-refractivity contribution in [1.29, 1.82) is 5.41 Å². The number of methoxy groups -OCH3 is 1. The number of amides is 1. The molecule has 4 rings (SSSR count). The predicted octanol–water partition coefficient (Wildman–Crippen LogP) is 2.35. The van der Waals surface area contributed by atoms with Gasteiger partial charge in [0.2, 0.25) is 5.91 Å². The maximum Gasteiger partial charge on any atom is 0.227 e. The molecule has 1 amide bonds. The average molecular weight is 414 g/mol. The van der Waals surface area contributed by atoms with Crippen LogP contribution in [0, 0.1) is 11.3 Å². The van der Waals surface area contributed by atoms with E-state index in [2.05, 4.69) is 34.9 Å². The minimum atomic E-state index is -0.0668. The van der Waals surface area contributed by atoms with Gasteiger partial charge >= 0.3 is 0 Å². The third-order valence-electron chi connectivity index (χ3n) is 7.22. The van der Waals surface area contributed by atoms with Gasteiger partial charge in [0.25, 0.3) is 0 Å². The van der Waals surface area contributed by atoms with Crippen LogP contribution in [-0.4, -0.2) is 67.6 Å². The second kappa shape index (κ2) is 8.84. The zero-order valence-corrected chi connectivity index (χ0v) is 18.3. The first-order chi connectivity index (χ1) is 14.5. The summed E-state index contributed by atoms with van der Waals surface area (Å²) >= 11 is 0. The first-order valence-corrected chi connectivity index (χ1v) is 11.3. The van der Waals surface area contributed by atoms with E-state index < -0.39 is 0 Å². The average Bonchev–Trinajstić information content (AvgIpc) is 2.79. The highest BCUT2D eigenvalue weighted by molar-refractivity contribution is 5.82. The molecule has 0 aromatic heterocycles. The molecule has 0 aliphatic carbocycles. The van der Waals surface area contributed by atoms with Gasteiger partial charge in [-0.05, 0) is 56.2 Å². The van der Waals surface area contributed by atoms with Crippen molar-refractivity contribution < 1.29 is 9.53 Å². The molecule has 2 fully saturated rings. The van der Waals surface area contributed by atoms with Crippen LogP contribution in [0.15, 0.2) is 18.2 Å². The maximum atomic E-state index is 13.4. The fraction of sp³-hybridized carbons (Fsp3) is 0.652. The molecule has 2 saturated heterocycles. The van der Waals surface area contributed by atoms with Crippen molar-refractivity contribution in [2.24, 2.45) is 11.7 Å². The first kappa shape index (κ1) is 21.0. The molecule has 3 aliphatic rings. The lowest BCUT2D eigenvalue weighted by Gasteiger charge is -2.42. The summed E-state index contributed by atoms with van der Waals surface area (Å²) in [5.41, 5.74) is 9.69. The van der Waals surface area contributed by atoms with E-state index in [1.165, 1.54) is 16.8 Å². The molecule has 0 bridgehead atoms. The van der Waals surface area contributed by atoms with Crippen molar-refractivity contribution in [3.05, 3.63) is 29.3 Å². The topological polar surface area (TPSA) is 85.9 Å². The van der Waals surface area contributed by atoms with E-state index in [9.17, 15) is 4.79 Å². The number of hydrogen-bond donors (Lipinski definition) is 2. The summed E-state index contributed by atoms with van der Waals surface area (Å²) in [6, 6.07) is 6.64. The number of nitrogens with zero attached hydrogens (tertiary/aromatic N) is 3. The lowest BCUT2D eigenvalue weighted by Crippen LogP contribution is -2.50. The van der Waals surface area contributed by atoms with Gasteiger partial charge in [0.1, 0.15) is 0 Å². The molecule has 0 radical (unpaired) electrons. The van der Waals surface area contributed by atoms with E-state index in [1.54, 1.807) is 7.11 Å². The van der Waals surface area contributed by atoms with Crippen LogP contribution in [0.4, 0.5) is 5.69 Å². The van der Waals surface area contributed by atoms with Crippen LogP contribution in [0.25, 0.3) is 0 Å². The molecule has 3 N–H and O–H groups in total. The minimum absolute atomic E-state index is 0.0668. The lowest BCUT2D eigenvalue weighted by atomic mass is 9.88. The largest absolute Gasteiger partial charge is 0.381 e. The number of piperidine rings is 2. The monoisotopic (exact) mass is 413 g/mol. The Morgan fingerprint density at radius 1 is 1.17 bits per heavy atom. The van der Waals surface area contributed by atoms with Gasteiger partial charge in [0.15, 0.2) is 5.96 Å². The van der Waals surface area contributed by atoms with Gasteiger partial charge < -0.3 is 25.2 Å². The van der Waals surface area contributed by atoms with Crippen molar-refractivity contribution in [3.8, 4) is 0 Å². The fourth-order valence-corrected chi connectivity index (χ4v) is 5.41. The molecule has 30 heavy (non-hydrogen) atoms. The Bertz CT molecular complexity index is 790. The van der Waals surface area contributed by atoms with Gasteiger partial charge in [-0.2, -0.15) is 0 Å². The normalized spacial score (nSPS) is 25.2. The molecule has 0 saturated carbocycles. The zero-order chi connectivity index (χ0) is 21.3. The number of hydrogen-bond acceptors (Lipinski definition) is 4. The number of nitrogens with two attached hydrogens (primary N) is 1. The third-order valence-corrected chi connectivity index (χ3v) is 7.22. The van der Waals surface area contributed by atoms with Crippen LogP contribution in [0.3, 0.4) is 0 Å². The minimum Gasteiger partial charge on any atom is -0.381 e. The SMILES string of the molecule is COC1CCN(c2cccc3c2CCN(C(=O)C2CCCN(C(=N)N)C2)C3C)CC1. The van der Waals surface area contributed by atoms with Gasteiger partial charge in [-0.1, -0.05) is 12.1 Å². The molecule has 0 spiro atoms. The summed E-state index contributed by atoms with van der Waals surface area (Å²) in [4.78, 5) is 19.7. The molecule has 7 heteroatoms. The van der Waals surface area contributed by atoms with Crippen molar-refractivity contribution in [3.63, 3.8) is 0 Å². The highest BCUT2D eigenvalue weighted by Crippen LogP contribution is 2.37. The summed E-state index contributed by atoms with van der Waals surface area (Å²) in [5, 5.41) is 7.71. The van der Waals surface area contributed by atoms with Crippen LogP contribution in [0.1, 0.15) is 49.8 Å². The highest BCUT2D eigenvalue weighted by Gasteiger charge is 2.35. The van der Waals surface area contributed by atoms with Crippen molar-refractivity contribution in [2.45, 2.75) is 51.2 Å². The van der Waals surface area contributed by atoms with Gasteiger partial charge in [-0.25, -0.2) is 0 Å². The maximum absolute atomic E-state index is 13.4. The van der Waals surface area contributed by atoms with E-state index in [4.69, 9.17) is 15.9 Å². The lowest BCUT2D eigenvalue weighted by molar-refractivity contribution is -0.139. The fourth-order valence-electron chi connectivity index (χ4n) is 5.41. The van der Waals surface area contributed by atoms with Crippen molar-refractivity contribution in [1.82, 2.24) is 9.80 Å². The van der Waals surface area contributed by atoms with Crippen LogP contribution >= 0.6 is 0 Å². The highest BCUT2D eigenvalue weighted by atomic mass is 16.5. The number of fused-ring (bicyclic) bond motifs is 1. The second-order valence-electron chi connectivity index (χ2n) is 8.90.